The Labute approximate surface area is 224 Å². The fourth-order valence-corrected chi connectivity index (χ4v) is 5.28. The van der Waals surface area contributed by atoms with Gasteiger partial charge in [-0.3, -0.25) is 4.99 Å². The first-order valence-corrected chi connectivity index (χ1v) is 13.4. The molecule has 0 amide bonds. The number of ether oxygens (including phenoxy) is 2. The summed E-state index contributed by atoms with van der Waals surface area (Å²) in [5, 5.41) is 4.43. The van der Waals surface area contributed by atoms with Crippen LogP contribution in [0.25, 0.3) is 28.1 Å². The van der Waals surface area contributed by atoms with E-state index in [-0.39, 0.29) is 6.04 Å². The average molecular weight is 558 g/mol. The van der Waals surface area contributed by atoms with Gasteiger partial charge in [0.25, 0.3) is 0 Å². The van der Waals surface area contributed by atoms with Crippen molar-refractivity contribution < 1.29 is 9.47 Å². The van der Waals surface area contributed by atoms with Crippen molar-refractivity contribution in [2.75, 3.05) is 25.6 Å². The fraction of sp³-hybridized carbons (Fsp3) is 0.276. The molecule has 37 heavy (non-hydrogen) atoms. The third kappa shape index (κ3) is 4.91. The summed E-state index contributed by atoms with van der Waals surface area (Å²) in [7, 11) is 1.63. The van der Waals surface area contributed by atoms with Gasteiger partial charge in [0.05, 0.1) is 46.6 Å². The number of nitrogens with one attached hydrogen (secondary N) is 1. The number of aromatic nitrogens is 3. The molecule has 0 spiro atoms. The Kier molecular flexibility index (Phi) is 6.76. The SMILES string of the molecule is COc1ncccc1Nc1cc2nc3ccccc3n(C3=CC=C(Br)CC3)c-2c/c1=N\C1CCOCC1. The molecule has 0 unspecified atom stereocenters. The fourth-order valence-electron chi connectivity index (χ4n) is 4.95. The maximum Gasteiger partial charge on any atom is 0.237 e. The van der Waals surface area contributed by atoms with E-state index in [1.165, 1.54) is 10.2 Å². The van der Waals surface area contributed by atoms with Crippen LogP contribution >= 0.6 is 15.9 Å². The van der Waals surface area contributed by atoms with Crippen molar-refractivity contribution in [3.05, 3.63) is 76.7 Å². The van der Waals surface area contributed by atoms with E-state index in [9.17, 15) is 0 Å². The van der Waals surface area contributed by atoms with Crippen LogP contribution in [0.2, 0.25) is 0 Å². The van der Waals surface area contributed by atoms with Gasteiger partial charge in [-0.25, -0.2) is 9.97 Å². The van der Waals surface area contributed by atoms with Crippen LogP contribution in [0.1, 0.15) is 25.7 Å². The number of rotatable bonds is 5. The maximum atomic E-state index is 5.59. The first-order chi connectivity index (χ1) is 18.2. The summed E-state index contributed by atoms with van der Waals surface area (Å²) >= 11 is 3.65. The Morgan fingerprint density at radius 1 is 1.05 bits per heavy atom. The van der Waals surface area contributed by atoms with E-state index in [1.54, 1.807) is 13.3 Å². The second kappa shape index (κ2) is 10.5. The van der Waals surface area contributed by atoms with E-state index >= 15 is 0 Å². The van der Waals surface area contributed by atoms with Gasteiger partial charge in [-0.05, 0) is 72.6 Å². The smallest absolute Gasteiger partial charge is 0.237 e. The summed E-state index contributed by atoms with van der Waals surface area (Å²) in [6, 6.07) is 16.6. The Balaban J connectivity index is 1.60. The number of anilines is 2. The lowest BCUT2D eigenvalue weighted by atomic mass is 10.1. The highest BCUT2D eigenvalue weighted by atomic mass is 79.9. The Morgan fingerprint density at radius 3 is 2.73 bits per heavy atom. The molecule has 1 saturated heterocycles. The summed E-state index contributed by atoms with van der Waals surface area (Å²) in [4.78, 5) is 14.6. The normalized spacial score (nSPS) is 17.1. The molecule has 1 fully saturated rings. The number of halogens is 1. The minimum atomic E-state index is 0.206. The zero-order chi connectivity index (χ0) is 25.2. The zero-order valence-corrected chi connectivity index (χ0v) is 22.2. The molecule has 1 aromatic carbocycles. The first kappa shape index (κ1) is 23.9. The summed E-state index contributed by atoms with van der Waals surface area (Å²) in [6.07, 6.45) is 9.79. The van der Waals surface area contributed by atoms with Crippen molar-refractivity contribution in [3.63, 3.8) is 0 Å². The summed E-state index contributed by atoms with van der Waals surface area (Å²) < 4.78 is 14.6. The van der Waals surface area contributed by atoms with Crippen molar-refractivity contribution in [2.45, 2.75) is 31.7 Å². The third-order valence-corrected chi connectivity index (χ3v) is 7.47. The quantitative estimate of drug-likeness (QED) is 0.292. The highest BCUT2D eigenvalue weighted by Gasteiger charge is 2.20. The molecule has 2 aromatic rings. The largest absolute Gasteiger partial charge is 0.480 e. The van der Waals surface area contributed by atoms with Crippen LogP contribution in [0, 0.1) is 0 Å². The molecule has 7 nitrogen and oxygen atoms in total. The maximum absolute atomic E-state index is 5.59. The second-order valence-corrected chi connectivity index (χ2v) is 10.2. The van der Waals surface area contributed by atoms with Gasteiger partial charge in [-0.2, -0.15) is 0 Å². The zero-order valence-electron chi connectivity index (χ0n) is 20.7. The van der Waals surface area contributed by atoms with Gasteiger partial charge in [-0.15, -0.1) is 0 Å². The molecule has 6 rings (SSSR count). The minimum Gasteiger partial charge on any atom is -0.480 e. The van der Waals surface area contributed by atoms with Crippen molar-refractivity contribution in [2.24, 2.45) is 4.99 Å². The van der Waals surface area contributed by atoms with Crippen molar-refractivity contribution in [1.29, 1.82) is 0 Å². The number of nitrogens with zero attached hydrogens (tertiary/aromatic N) is 4. The van der Waals surface area contributed by atoms with Gasteiger partial charge in [-0.1, -0.05) is 34.1 Å². The molecule has 1 N–H and O–H groups in total. The molecule has 0 radical (unpaired) electrons. The van der Waals surface area contributed by atoms with Crippen LogP contribution in [0.5, 0.6) is 5.88 Å². The van der Waals surface area contributed by atoms with Crippen LogP contribution in [0.15, 0.2) is 76.4 Å². The number of benzene rings is 2. The lowest BCUT2D eigenvalue weighted by Gasteiger charge is -2.24. The van der Waals surface area contributed by atoms with Crippen molar-refractivity contribution in [3.8, 4) is 17.3 Å². The minimum absolute atomic E-state index is 0.206. The molecule has 2 aliphatic carbocycles. The van der Waals surface area contributed by atoms with E-state index in [2.05, 4.69) is 73.3 Å². The van der Waals surface area contributed by atoms with Crippen molar-refractivity contribution >= 4 is 44.0 Å². The molecule has 0 saturated carbocycles. The standard InChI is InChI=1S/C29H28BrN5O2/c1-36-29-23(6-4-14-31-29)34-24-17-26-28(18-25(24)32-20-12-15-37-16-13-20)35(21-10-8-19(30)9-11-21)27-7-3-2-5-22(27)33-26/h2-8,10,14,17-18,20,34H,9,11-13,15-16H2,1H3/b32-25+. The van der Waals surface area contributed by atoms with E-state index in [1.807, 2.05) is 18.2 Å². The highest BCUT2D eigenvalue weighted by Crippen LogP contribution is 2.35. The summed E-state index contributed by atoms with van der Waals surface area (Å²) in [6.45, 7) is 1.47. The molecule has 188 valence electrons. The molecule has 2 aliphatic heterocycles. The van der Waals surface area contributed by atoms with Gasteiger partial charge in [0, 0.05) is 25.1 Å². The molecule has 3 heterocycles. The second-order valence-electron chi connectivity index (χ2n) is 9.22. The number of pyridine rings is 1. The van der Waals surface area contributed by atoms with Crippen LogP contribution < -0.4 is 15.4 Å². The van der Waals surface area contributed by atoms with Crippen LogP contribution in [-0.4, -0.2) is 40.9 Å². The van der Waals surface area contributed by atoms with Gasteiger partial charge in [0.2, 0.25) is 5.88 Å². The lowest BCUT2D eigenvalue weighted by molar-refractivity contribution is 0.0864. The third-order valence-electron chi connectivity index (χ3n) is 6.81. The average Bonchev–Trinajstić information content (AvgIpc) is 2.94. The number of methoxy groups -OCH3 is 1. The molecule has 1 aromatic heterocycles. The van der Waals surface area contributed by atoms with E-state index in [4.69, 9.17) is 19.5 Å². The number of para-hydroxylation sites is 2. The summed E-state index contributed by atoms with van der Waals surface area (Å²) in [5.74, 6) is 0.533. The highest BCUT2D eigenvalue weighted by molar-refractivity contribution is 9.11. The van der Waals surface area contributed by atoms with E-state index in [0.717, 1.165) is 78.1 Å². The van der Waals surface area contributed by atoms with Crippen LogP contribution in [-0.2, 0) is 4.74 Å². The molecular weight excluding hydrogens is 530 g/mol. The van der Waals surface area contributed by atoms with Gasteiger partial charge in [0.15, 0.2) is 0 Å². The number of hydrogen-bond donors (Lipinski definition) is 1. The number of hydrogen-bond acceptors (Lipinski definition) is 6. The Morgan fingerprint density at radius 2 is 1.92 bits per heavy atom. The Hall–Kier alpha value is -3.49. The predicted molar refractivity (Wildman–Crippen MR) is 150 cm³/mol. The molecule has 0 atom stereocenters. The Bertz CT molecular complexity index is 1550. The van der Waals surface area contributed by atoms with Crippen LogP contribution in [0.3, 0.4) is 0 Å². The lowest BCUT2D eigenvalue weighted by Crippen LogP contribution is -2.23. The molecule has 4 aliphatic rings. The summed E-state index contributed by atoms with van der Waals surface area (Å²) in [5.41, 5.74) is 6.85. The van der Waals surface area contributed by atoms with Gasteiger partial charge in [0.1, 0.15) is 5.69 Å². The number of allylic oxidation sites excluding steroid dienone is 4. The topological polar surface area (TPSA) is 73.6 Å². The van der Waals surface area contributed by atoms with Crippen molar-refractivity contribution in [1.82, 2.24) is 14.5 Å². The van der Waals surface area contributed by atoms with Gasteiger partial charge < -0.3 is 19.4 Å². The molecular formula is C29H28BrN5O2. The predicted octanol–water partition coefficient (Wildman–Crippen LogP) is 6.28. The van der Waals surface area contributed by atoms with E-state index in [0.29, 0.717) is 5.88 Å². The molecule has 0 bridgehead atoms. The molecule has 8 heteroatoms. The van der Waals surface area contributed by atoms with Gasteiger partial charge >= 0.3 is 0 Å². The van der Waals surface area contributed by atoms with Crippen LogP contribution in [0.4, 0.5) is 11.4 Å². The monoisotopic (exact) mass is 557 g/mol. The van der Waals surface area contributed by atoms with E-state index < -0.39 is 0 Å². The first-order valence-electron chi connectivity index (χ1n) is 12.6. The number of fused-ring (bicyclic) bond motifs is 2.